The molecule has 1 aliphatic heterocycles. The van der Waals surface area contributed by atoms with Crippen molar-refractivity contribution in [3.05, 3.63) is 18.2 Å². The van der Waals surface area contributed by atoms with Gasteiger partial charge in [0.1, 0.15) is 18.6 Å². The molecule has 0 aliphatic carbocycles. The van der Waals surface area contributed by atoms with E-state index in [1.54, 1.807) is 0 Å². The normalized spacial score (nSPS) is 19.0. The first-order valence-electron chi connectivity index (χ1n) is 10.1. The lowest BCUT2D eigenvalue weighted by Gasteiger charge is -2.29. The number of aromatic nitrogens is 2. The molecule has 2 heterocycles. The number of carbonyl (C=O) groups excluding carboxylic acids is 3. The maximum atomic E-state index is 12.9. The number of hydrogen-bond acceptors (Lipinski definition) is 6. The second-order valence-corrected chi connectivity index (χ2v) is 7.55. The summed E-state index contributed by atoms with van der Waals surface area (Å²) in [6.45, 7) is 3.70. The van der Waals surface area contributed by atoms with Gasteiger partial charge in [-0.2, -0.15) is 0 Å². The molecular formula is C19H30N6O5. The Kier molecular flexibility index (Phi) is 8.34. The van der Waals surface area contributed by atoms with Crippen molar-refractivity contribution in [3.63, 3.8) is 0 Å². The van der Waals surface area contributed by atoms with E-state index in [9.17, 15) is 19.2 Å². The number of aliphatic carboxylic acids is 1. The number of carboxylic acid groups (broad SMARTS) is 1. The third kappa shape index (κ3) is 6.02. The summed E-state index contributed by atoms with van der Waals surface area (Å²) < 4.78 is 0. The Morgan fingerprint density at radius 1 is 1.40 bits per heavy atom. The number of carbonyl (C=O) groups is 4. The number of nitrogens with two attached hydrogens (primary N) is 1. The fourth-order valence-electron chi connectivity index (χ4n) is 3.37. The van der Waals surface area contributed by atoms with Gasteiger partial charge in [-0.15, -0.1) is 0 Å². The van der Waals surface area contributed by atoms with Gasteiger partial charge >= 0.3 is 5.97 Å². The minimum Gasteiger partial charge on any atom is -0.480 e. The fraction of sp³-hybridized carbons (Fsp3) is 0.632. The van der Waals surface area contributed by atoms with Crippen LogP contribution in [0.25, 0.3) is 0 Å². The van der Waals surface area contributed by atoms with Gasteiger partial charge < -0.3 is 31.4 Å². The van der Waals surface area contributed by atoms with Gasteiger partial charge in [0.25, 0.3) is 0 Å². The first-order valence-corrected chi connectivity index (χ1v) is 10.1. The van der Waals surface area contributed by atoms with E-state index in [1.165, 1.54) is 17.4 Å². The molecule has 3 amide bonds. The summed E-state index contributed by atoms with van der Waals surface area (Å²) in [5.41, 5.74) is 6.67. The van der Waals surface area contributed by atoms with Crippen LogP contribution in [0.2, 0.25) is 0 Å². The van der Waals surface area contributed by atoms with Gasteiger partial charge in [0.15, 0.2) is 0 Å². The van der Waals surface area contributed by atoms with Crippen molar-refractivity contribution in [2.45, 2.75) is 57.7 Å². The molecule has 11 heteroatoms. The SMILES string of the molecule is CCC(C)C(N)C(=O)N1CCCC1C(=O)NC(Cc1cnc[nH]1)C(=O)NCC(=O)O. The zero-order chi connectivity index (χ0) is 22.3. The number of aromatic amines is 1. The number of imidazole rings is 1. The first kappa shape index (κ1) is 23.3. The third-order valence-electron chi connectivity index (χ3n) is 5.41. The van der Waals surface area contributed by atoms with Crippen LogP contribution in [0.5, 0.6) is 0 Å². The molecule has 0 radical (unpaired) electrons. The van der Waals surface area contributed by atoms with Crippen LogP contribution in [-0.4, -0.2) is 74.9 Å². The van der Waals surface area contributed by atoms with E-state index in [0.717, 1.165) is 6.42 Å². The number of hydrogen-bond donors (Lipinski definition) is 5. The molecule has 1 aliphatic rings. The van der Waals surface area contributed by atoms with Gasteiger partial charge in [-0.3, -0.25) is 19.2 Å². The van der Waals surface area contributed by atoms with Crippen LogP contribution in [0.3, 0.4) is 0 Å². The smallest absolute Gasteiger partial charge is 0.322 e. The molecule has 2 rings (SSSR count). The second-order valence-electron chi connectivity index (χ2n) is 7.55. The van der Waals surface area contributed by atoms with E-state index in [4.69, 9.17) is 10.8 Å². The molecule has 4 unspecified atom stereocenters. The van der Waals surface area contributed by atoms with Crippen LogP contribution in [0.15, 0.2) is 12.5 Å². The van der Waals surface area contributed by atoms with Gasteiger partial charge in [0.2, 0.25) is 17.7 Å². The molecule has 1 aromatic heterocycles. The number of rotatable bonds is 10. The summed E-state index contributed by atoms with van der Waals surface area (Å²) in [4.78, 5) is 57.1. The van der Waals surface area contributed by atoms with Crippen molar-refractivity contribution >= 4 is 23.7 Å². The Labute approximate surface area is 174 Å². The summed E-state index contributed by atoms with van der Waals surface area (Å²) in [7, 11) is 0. The third-order valence-corrected chi connectivity index (χ3v) is 5.41. The van der Waals surface area contributed by atoms with Crippen LogP contribution in [0.4, 0.5) is 0 Å². The van der Waals surface area contributed by atoms with Gasteiger partial charge in [-0.25, -0.2) is 4.98 Å². The highest BCUT2D eigenvalue weighted by Gasteiger charge is 2.38. The molecule has 11 nitrogen and oxygen atoms in total. The van der Waals surface area contributed by atoms with E-state index in [2.05, 4.69) is 20.6 Å². The maximum Gasteiger partial charge on any atom is 0.322 e. The van der Waals surface area contributed by atoms with Gasteiger partial charge in [-0.05, 0) is 18.8 Å². The number of likely N-dealkylation sites (tertiary alicyclic amines) is 1. The van der Waals surface area contributed by atoms with Crippen LogP contribution in [-0.2, 0) is 25.6 Å². The van der Waals surface area contributed by atoms with Gasteiger partial charge in [0, 0.05) is 24.9 Å². The predicted molar refractivity (Wildman–Crippen MR) is 107 cm³/mol. The first-order chi connectivity index (χ1) is 14.2. The Bertz CT molecular complexity index is 753. The molecule has 1 fully saturated rings. The zero-order valence-electron chi connectivity index (χ0n) is 17.3. The average molecular weight is 422 g/mol. The summed E-state index contributed by atoms with van der Waals surface area (Å²) in [5.74, 6) is -2.58. The second kappa shape index (κ2) is 10.7. The number of amides is 3. The summed E-state index contributed by atoms with van der Waals surface area (Å²) >= 11 is 0. The number of nitrogens with zero attached hydrogens (tertiary/aromatic N) is 2. The highest BCUT2D eigenvalue weighted by atomic mass is 16.4. The Hall–Kier alpha value is -2.95. The molecule has 0 saturated carbocycles. The Balaban J connectivity index is 2.09. The molecule has 1 aromatic rings. The molecule has 0 bridgehead atoms. The topological polar surface area (TPSA) is 171 Å². The summed E-state index contributed by atoms with van der Waals surface area (Å²) in [5, 5.41) is 13.7. The zero-order valence-corrected chi connectivity index (χ0v) is 17.3. The molecule has 0 spiro atoms. The highest BCUT2D eigenvalue weighted by molar-refractivity contribution is 5.94. The van der Waals surface area contributed by atoms with Crippen molar-refractivity contribution in [1.82, 2.24) is 25.5 Å². The molecule has 4 atom stereocenters. The summed E-state index contributed by atoms with van der Waals surface area (Å²) in [6.07, 6.45) is 4.93. The van der Waals surface area contributed by atoms with E-state index in [0.29, 0.717) is 25.1 Å². The van der Waals surface area contributed by atoms with Crippen LogP contribution in [0, 0.1) is 5.92 Å². The Morgan fingerprint density at radius 3 is 2.73 bits per heavy atom. The monoisotopic (exact) mass is 422 g/mol. The number of carboxylic acids is 1. The van der Waals surface area contributed by atoms with Gasteiger partial charge in [0.05, 0.1) is 12.4 Å². The molecule has 1 saturated heterocycles. The largest absolute Gasteiger partial charge is 0.480 e. The summed E-state index contributed by atoms with van der Waals surface area (Å²) in [6, 6.07) is -2.43. The van der Waals surface area contributed by atoms with Crippen LogP contribution >= 0.6 is 0 Å². The molecular weight excluding hydrogens is 392 g/mol. The molecule has 30 heavy (non-hydrogen) atoms. The Morgan fingerprint density at radius 2 is 2.13 bits per heavy atom. The lowest BCUT2D eigenvalue weighted by Crippen LogP contribution is -2.56. The van der Waals surface area contributed by atoms with Crippen molar-refractivity contribution in [2.24, 2.45) is 11.7 Å². The van der Waals surface area contributed by atoms with E-state index in [1.807, 2.05) is 13.8 Å². The maximum absolute atomic E-state index is 12.9. The van der Waals surface area contributed by atoms with E-state index in [-0.39, 0.29) is 18.2 Å². The number of nitrogens with one attached hydrogen (secondary N) is 3. The standard InChI is InChI=1S/C19H30N6O5/c1-3-11(2)16(20)19(30)25-6-4-5-14(25)18(29)24-13(7-12-8-21-10-23-12)17(28)22-9-15(26)27/h8,10-11,13-14,16H,3-7,9,20H2,1-2H3,(H,21,23)(H,22,28)(H,24,29)(H,26,27). The van der Waals surface area contributed by atoms with E-state index < -0.39 is 42.5 Å². The predicted octanol–water partition coefficient (Wildman–Crippen LogP) is -0.998. The lowest BCUT2D eigenvalue weighted by molar-refractivity contribution is -0.141. The minimum absolute atomic E-state index is 0.0169. The quantitative estimate of drug-likeness (QED) is 0.322. The van der Waals surface area contributed by atoms with Crippen molar-refractivity contribution in [1.29, 1.82) is 0 Å². The minimum atomic E-state index is -1.19. The number of H-pyrrole nitrogens is 1. The van der Waals surface area contributed by atoms with E-state index >= 15 is 0 Å². The van der Waals surface area contributed by atoms with Crippen molar-refractivity contribution < 1.29 is 24.3 Å². The van der Waals surface area contributed by atoms with Crippen LogP contribution in [0.1, 0.15) is 38.8 Å². The van der Waals surface area contributed by atoms with Crippen LogP contribution < -0.4 is 16.4 Å². The lowest BCUT2D eigenvalue weighted by atomic mass is 9.98. The van der Waals surface area contributed by atoms with Gasteiger partial charge in [-0.1, -0.05) is 20.3 Å². The van der Waals surface area contributed by atoms with Crippen molar-refractivity contribution in [2.75, 3.05) is 13.1 Å². The average Bonchev–Trinajstić information content (AvgIpc) is 3.41. The molecule has 166 valence electrons. The van der Waals surface area contributed by atoms with Crippen molar-refractivity contribution in [3.8, 4) is 0 Å². The highest BCUT2D eigenvalue weighted by Crippen LogP contribution is 2.21. The fourth-order valence-corrected chi connectivity index (χ4v) is 3.37. The molecule has 0 aromatic carbocycles. The molecule has 6 N–H and O–H groups in total.